The van der Waals surface area contributed by atoms with Crippen LogP contribution < -0.4 is 0 Å². The minimum absolute atomic E-state index is 0.0623. The van der Waals surface area contributed by atoms with E-state index in [-0.39, 0.29) is 5.41 Å². The van der Waals surface area contributed by atoms with E-state index in [2.05, 4.69) is 75.9 Å². The molecule has 3 aliphatic carbocycles. The quantitative estimate of drug-likeness (QED) is 0.287. The van der Waals surface area contributed by atoms with Gasteiger partial charge >= 0.3 is 0 Å². The van der Waals surface area contributed by atoms with Gasteiger partial charge < -0.3 is 10.2 Å². The van der Waals surface area contributed by atoms with Gasteiger partial charge in [-0.1, -0.05) is 145 Å². The Morgan fingerprint density at radius 1 is 0.533 bits per heavy atom. The van der Waals surface area contributed by atoms with Gasteiger partial charge in [-0.3, -0.25) is 0 Å². The number of alkyl halides is 4. The van der Waals surface area contributed by atoms with Gasteiger partial charge in [0, 0.05) is 18.3 Å². The van der Waals surface area contributed by atoms with Crippen molar-refractivity contribution in [3.05, 3.63) is 47.0 Å². The highest BCUT2D eigenvalue weighted by molar-refractivity contribution is 9.25. The molecule has 2 nitrogen and oxygen atoms in total. The molecule has 0 bridgehead atoms. The molecule has 1 saturated carbocycles. The van der Waals surface area contributed by atoms with Crippen LogP contribution in [0.3, 0.4) is 0 Å². The van der Waals surface area contributed by atoms with Crippen LogP contribution in [0.25, 0.3) is 0 Å². The molecule has 0 aromatic carbocycles. The molecule has 0 heterocycles. The summed E-state index contributed by atoms with van der Waals surface area (Å²) >= 11 is 14.8. The zero-order valence-corrected chi connectivity index (χ0v) is 23.8. The Morgan fingerprint density at radius 3 is 1.20 bits per heavy atom. The molecule has 6 heteroatoms. The number of aliphatic hydroxyl groups excluding tert-OH is 2. The van der Waals surface area contributed by atoms with Gasteiger partial charge in [0.2, 0.25) is 0 Å². The van der Waals surface area contributed by atoms with E-state index in [1.807, 2.05) is 12.2 Å². The van der Waals surface area contributed by atoms with Gasteiger partial charge in [0.05, 0.1) is 0 Å². The summed E-state index contributed by atoms with van der Waals surface area (Å²) in [4.78, 5) is 0. The average molecular weight is 672 g/mol. The zero-order chi connectivity index (χ0) is 21.8. The van der Waals surface area contributed by atoms with Crippen molar-refractivity contribution in [1.29, 1.82) is 0 Å². The van der Waals surface area contributed by atoms with Crippen LogP contribution in [0.2, 0.25) is 0 Å². The number of allylic oxidation sites excluding steroid dienone is 8. The highest BCUT2D eigenvalue weighted by atomic mass is 79.9. The summed E-state index contributed by atoms with van der Waals surface area (Å²) in [6.07, 6.45) is 23.3. The Labute approximate surface area is 214 Å². The number of aliphatic hydroxyl groups is 2. The first kappa shape index (κ1) is 25.1. The molecule has 30 heavy (non-hydrogen) atoms. The Bertz CT molecular complexity index is 684. The lowest BCUT2D eigenvalue weighted by Gasteiger charge is -2.44. The monoisotopic (exact) mass is 668 g/mol. The van der Waals surface area contributed by atoms with Gasteiger partial charge in [-0.25, -0.2) is 0 Å². The van der Waals surface area contributed by atoms with E-state index in [9.17, 15) is 10.2 Å². The van der Waals surface area contributed by atoms with Crippen LogP contribution in [-0.4, -0.2) is 16.7 Å². The molecule has 0 spiro atoms. The summed E-state index contributed by atoms with van der Waals surface area (Å²) in [5.74, 6) is 0.639. The van der Waals surface area contributed by atoms with Crippen molar-refractivity contribution in [1.82, 2.24) is 0 Å². The molecule has 0 amide bonds. The summed E-state index contributed by atoms with van der Waals surface area (Å²) in [7, 11) is 0. The fraction of sp³-hybridized carbons (Fsp3) is 0.667. The molecule has 0 aromatic heterocycles. The molecule has 3 rings (SSSR count). The Balaban J connectivity index is 2.02. The first-order valence-electron chi connectivity index (χ1n) is 11.1. The Kier molecular flexibility index (Phi) is 8.88. The van der Waals surface area contributed by atoms with Gasteiger partial charge in [-0.05, 0) is 25.0 Å². The number of rotatable bonds is 2. The third kappa shape index (κ3) is 5.88. The van der Waals surface area contributed by atoms with Crippen LogP contribution in [0.4, 0.5) is 0 Å². The molecular formula is C24H32Br4O2. The van der Waals surface area contributed by atoms with Crippen LogP contribution in [0.15, 0.2) is 47.0 Å². The SMILES string of the molecule is OC1=CC=C(C2(C3=CC=C(O)C(Br)(Br)C3)CCCCCCCCCCC2)CC1(Br)Br. The van der Waals surface area contributed by atoms with Crippen LogP contribution in [0.1, 0.15) is 83.5 Å². The van der Waals surface area contributed by atoms with Crippen LogP contribution >= 0.6 is 63.7 Å². The third-order valence-corrected chi connectivity index (χ3v) is 9.64. The third-order valence-electron chi connectivity index (χ3n) is 6.90. The molecule has 1 fully saturated rings. The summed E-state index contributed by atoms with van der Waals surface area (Å²) in [5.41, 5.74) is 2.67. The van der Waals surface area contributed by atoms with Crippen molar-refractivity contribution in [3.8, 4) is 0 Å². The topological polar surface area (TPSA) is 40.5 Å². The van der Waals surface area contributed by atoms with Crippen molar-refractivity contribution in [2.24, 2.45) is 5.41 Å². The van der Waals surface area contributed by atoms with E-state index in [0.717, 1.165) is 25.7 Å². The maximum absolute atomic E-state index is 10.4. The fourth-order valence-electron chi connectivity index (χ4n) is 5.10. The molecular weight excluding hydrogens is 640 g/mol. The number of hydrogen-bond acceptors (Lipinski definition) is 2. The molecule has 0 radical (unpaired) electrons. The van der Waals surface area contributed by atoms with Gasteiger partial charge in [-0.15, -0.1) is 0 Å². The average Bonchev–Trinajstić information content (AvgIpc) is 2.67. The van der Waals surface area contributed by atoms with E-state index < -0.39 is 6.47 Å². The lowest BCUT2D eigenvalue weighted by atomic mass is 9.63. The minimum atomic E-state index is -0.603. The highest BCUT2D eigenvalue weighted by Gasteiger charge is 2.46. The van der Waals surface area contributed by atoms with E-state index in [0.29, 0.717) is 11.5 Å². The van der Waals surface area contributed by atoms with Crippen LogP contribution in [0.5, 0.6) is 0 Å². The van der Waals surface area contributed by atoms with Gasteiger partial charge in [0.25, 0.3) is 0 Å². The maximum Gasteiger partial charge on any atom is 0.141 e. The summed E-state index contributed by atoms with van der Waals surface area (Å²) < 4.78 is -1.21. The van der Waals surface area contributed by atoms with E-state index in [1.54, 1.807) is 0 Å². The van der Waals surface area contributed by atoms with Crippen molar-refractivity contribution in [3.63, 3.8) is 0 Å². The van der Waals surface area contributed by atoms with Crippen molar-refractivity contribution in [2.75, 3.05) is 0 Å². The first-order chi connectivity index (χ1) is 14.2. The number of hydrogen-bond donors (Lipinski definition) is 2. The molecule has 3 aliphatic rings. The minimum Gasteiger partial charge on any atom is -0.510 e. The zero-order valence-electron chi connectivity index (χ0n) is 17.4. The summed E-state index contributed by atoms with van der Waals surface area (Å²) in [6.45, 7) is 0. The fourth-order valence-corrected chi connectivity index (χ4v) is 6.84. The van der Waals surface area contributed by atoms with Crippen LogP contribution in [0, 0.1) is 5.41 Å². The second-order valence-corrected chi connectivity index (χ2v) is 16.6. The largest absolute Gasteiger partial charge is 0.510 e. The van der Waals surface area contributed by atoms with Gasteiger partial charge in [0.1, 0.15) is 18.0 Å². The Hall–Kier alpha value is 0.480. The smallest absolute Gasteiger partial charge is 0.141 e. The van der Waals surface area contributed by atoms with E-state index in [4.69, 9.17) is 0 Å². The van der Waals surface area contributed by atoms with Crippen LogP contribution in [-0.2, 0) is 0 Å². The van der Waals surface area contributed by atoms with Gasteiger partial charge in [-0.2, -0.15) is 0 Å². The van der Waals surface area contributed by atoms with Crippen molar-refractivity contribution in [2.45, 2.75) is 89.9 Å². The summed E-state index contributed by atoms with van der Waals surface area (Å²) in [6, 6.07) is 0. The maximum atomic E-state index is 10.4. The molecule has 0 saturated heterocycles. The predicted octanol–water partition coefficient (Wildman–Crippen LogP) is 9.79. The second kappa shape index (κ2) is 10.6. The normalized spacial score (nSPS) is 27.5. The lowest BCUT2D eigenvalue weighted by Crippen LogP contribution is -2.35. The van der Waals surface area contributed by atoms with E-state index >= 15 is 0 Å². The number of halogens is 4. The second-order valence-electron chi connectivity index (χ2n) is 9.01. The standard InChI is InChI=1S/C24H32Br4O2/c25-23(26)16-18(10-12-20(23)29)22(19-11-13-21(30)24(27,28)17-19)14-8-6-4-2-1-3-5-7-9-15-22/h10-13,29-30H,1-9,14-17H2. The van der Waals surface area contributed by atoms with E-state index in [1.165, 1.54) is 68.9 Å². The predicted molar refractivity (Wildman–Crippen MR) is 141 cm³/mol. The molecule has 0 unspecified atom stereocenters. The van der Waals surface area contributed by atoms with Gasteiger partial charge in [0.15, 0.2) is 0 Å². The Morgan fingerprint density at radius 2 is 0.867 bits per heavy atom. The molecule has 168 valence electrons. The lowest BCUT2D eigenvalue weighted by molar-refractivity contribution is 0.294. The molecule has 0 atom stereocenters. The molecule has 0 aliphatic heterocycles. The molecule has 0 aromatic rings. The van der Waals surface area contributed by atoms with Crippen molar-refractivity contribution < 1.29 is 10.2 Å². The highest BCUT2D eigenvalue weighted by Crippen LogP contribution is 2.57. The molecule has 2 N–H and O–H groups in total. The first-order valence-corrected chi connectivity index (χ1v) is 14.3. The van der Waals surface area contributed by atoms with Crippen molar-refractivity contribution >= 4 is 63.7 Å². The summed E-state index contributed by atoms with van der Waals surface area (Å²) in [5, 5.41) is 20.7.